The zero-order valence-corrected chi connectivity index (χ0v) is 15.7. The molecule has 0 fully saturated rings. The highest BCUT2D eigenvalue weighted by Crippen LogP contribution is 2.38. The zero-order chi connectivity index (χ0) is 19.3. The SMILES string of the molecule is Cc1ccc([C@H]2c3c(oc4ccc(Cl)cc4c3=O)C(=O)N2C[C@@H](C)O)cc1. The van der Waals surface area contributed by atoms with Gasteiger partial charge in [0, 0.05) is 11.6 Å². The molecule has 0 spiro atoms. The van der Waals surface area contributed by atoms with E-state index in [4.69, 9.17) is 16.0 Å². The quantitative estimate of drug-likeness (QED) is 0.749. The lowest BCUT2D eigenvalue weighted by Crippen LogP contribution is -2.35. The Kier molecular flexibility index (Phi) is 4.29. The number of hydrogen-bond acceptors (Lipinski definition) is 4. The smallest absolute Gasteiger partial charge is 0.290 e. The van der Waals surface area contributed by atoms with Crippen molar-refractivity contribution < 1.29 is 14.3 Å². The van der Waals surface area contributed by atoms with Crippen LogP contribution < -0.4 is 5.43 Å². The minimum atomic E-state index is -0.741. The Bertz CT molecular complexity index is 1100. The van der Waals surface area contributed by atoms with E-state index < -0.39 is 18.1 Å². The van der Waals surface area contributed by atoms with Crippen molar-refractivity contribution in [1.29, 1.82) is 0 Å². The molecule has 2 atom stereocenters. The largest absolute Gasteiger partial charge is 0.450 e. The van der Waals surface area contributed by atoms with Gasteiger partial charge in [-0.25, -0.2) is 0 Å². The highest BCUT2D eigenvalue weighted by Gasteiger charge is 2.42. The minimum absolute atomic E-state index is 0.0287. The minimum Gasteiger partial charge on any atom is -0.450 e. The summed E-state index contributed by atoms with van der Waals surface area (Å²) in [5.41, 5.74) is 2.20. The molecule has 0 radical (unpaired) electrons. The molecule has 1 aromatic heterocycles. The maximum absolute atomic E-state index is 13.2. The van der Waals surface area contributed by atoms with Gasteiger partial charge in [0.1, 0.15) is 5.58 Å². The molecule has 1 aliphatic heterocycles. The second-order valence-corrected chi connectivity index (χ2v) is 7.37. The fourth-order valence-corrected chi connectivity index (χ4v) is 3.73. The van der Waals surface area contributed by atoms with Crippen LogP contribution in [0.4, 0.5) is 0 Å². The summed E-state index contributed by atoms with van der Waals surface area (Å²) in [6.45, 7) is 3.67. The summed E-state index contributed by atoms with van der Waals surface area (Å²) in [4.78, 5) is 27.7. The first-order valence-electron chi connectivity index (χ1n) is 8.68. The predicted molar refractivity (Wildman–Crippen MR) is 103 cm³/mol. The van der Waals surface area contributed by atoms with E-state index >= 15 is 0 Å². The van der Waals surface area contributed by atoms with Gasteiger partial charge in [-0.05, 0) is 37.6 Å². The number of nitrogens with zero attached hydrogens (tertiary/aromatic N) is 1. The molecule has 4 rings (SSSR count). The lowest BCUT2D eigenvalue weighted by molar-refractivity contribution is 0.0611. The molecule has 2 aromatic carbocycles. The summed E-state index contributed by atoms with van der Waals surface area (Å²) < 4.78 is 5.81. The van der Waals surface area contributed by atoms with E-state index in [2.05, 4.69) is 0 Å². The van der Waals surface area contributed by atoms with Gasteiger partial charge in [0.15, 0.2) is 5.43 Å². The molecule has 1 amide bonds. The average Bonchev–Trinajstić information content (AvgIpc) is 2.89. The Labute approximate surface area is 160 Å². The van der Waals surface area contributed by atoms with Gasteiger partial charge in [0.25, 0.3) is 5.91 Å². The number of β-amino-alcohol motifs (C(OH)–C–C–N with tert-alkyl or cyclic N) is 1. The van der Waals surface area contributed by atoms with Gasteiger partial charge in [-0.3, -0.25) is 9.59 Å². The molecule has 5 nitrogen and oxygen atoms in total. The van der Waals surface area contributed by atoms with Crippen molar-refractivity contribution in [2.45, 2.75) is 26.0 Å². The van der Waals surface area contributed by atoms with Gasteiger partial charge < -0.3 is 14.4 Å². The van der Waals surface area contributed by atoms with E-state index in [0.29, 0.717) is 21.6 Å². The van der Waals surface area contributed by atoms with E-state index in [0.717, 1.165) is 11.1 Å². The first-order valence-corrected chi connectivity index (χ1v) is 9.06. The van der Waals surface area contributed by atoms with Gasteiger partial charge in [-0.1, -0.05) is 41.4 Å². The first kappa shape index (κ1) is 17.8. The number of rotatable bonds is 3. The van der Waals surface area contributed by atoms with E-state index in [9.17, 15) is 14.7 Å². The van der Waals surface area contributed by atoms with Gasteiger partial charge in [0.2, 0.25) is 5.76 Å². The van der Waals surface area contributed by atoms with Gasteiger partial charge >= 0.3 is 0 Å². The van der Waals surface area contributed by atoms with Crippen molar-refractivity contribution >= 4 is 28.5 Å². The van der Waals surface area contributed by atoms with Crippen LogP contribution in [0.1, 0.15) is 40.2 Å². The van der Waals surface area contributed by atoms with Crippen LogP contribution in [0.2, 0.25) is 5.02 Å². The summed E-state index contributed by atoms with van der Waals surface area (Å²) in [6, 6.07) is 11.8. The van der Waals surface area contributed by atoms with Crippen LogP contribution in [0.3, 0.4) is 0 Å². The fraction of sp³-hybridized carbons (Fsp3) is 0.238. The fourth-order valence-electron chi connectivity index (χ4n) is 3.56. The summed E-state index contributed by atoms with van der Waals surface area (Å²) in [7, 11) is 0. The Hall–Kier alpha value is -2.63. The third-order valence-electron chi connectivity index (χ3n) is 4.78. The number of aliphatic hydroxyl groups is 1. The molecule has 0 unspecified atom stereocenters. The molecule has 0 saturated carbocycles. The summed E-state index contributed by atoms with van der Waals surface area (Å²) in [6.07, 6.45) is -0.741. The number of aliphatic hydroxyl groups excluding tert-OH is 1. The van der Waals surface area contributed by atoms with E-state index in [1.165, 1.54) is 4.90 Å². The van der Waals surface area contributed by atoms with Crippen LogP contribution in [-0.4, -0.2) is 28.6 Å². The normalized spacial score (nSPS) is 17.4. The van der Waals surface area contributed by atoms with Crippen LogP contribution in [0.5, 0.6) is 0 Å². The first-order chi connectivity index (χ1) is 12.9. The number of amides is 1. The van der Waals surface area contributed by atoms with Crippen molar-refractivity contribution in [3.05, 3.63) is 80.2 Å². The summed E-state index contributed by atoms with van der Waals surface area (Å²) >= 11 is 6.05. The van der Waals surface area contributed by atoms with Crippen LogP contribution in [0.25, 0.3) is 11.0 Å². The maximum Gasteiger partial charge on any atom is 0.290 e. The topological polar surface area (TPSA) is 70.8 Å². The lowest BCUT2D eigenvalue weighted by Gasteiger charge is -2.26. The molecular formula is C21H18ClNO4. The Morgan fingerprint density at radius 3 is 2.56 bits per heavy atom. The Balaban J connectivity index is 2.00. The monoisotopic (exact) mass is 383 g/mol. The van der Waals surface area contributed by atoms with Crippen molar-refractivity contribution in [1.82, 2.24) is 4.90 Å². The molecule has 0 saturated heterocycles. The third-order valence-corrected chi connectivity index (χ3v) is 5.02. The molecule has 138 valence electrons. The van der Waals surface area contributed by atoms with Gasteiger partial charge in [-0.2, -0.15) is 0 Å². The zero-order valence-electron chi connectivity index (χ0n) is 14.9. The number of benzene rings is 2. The number of halogens is 1. The summed E-state index contributed by atoms with van der Waals surface area (Å²) in [5, 5.41) is 10.7. The van der Waals surface area contributed by atoms with Crippen molar-refractivity contribution in [3.8, 4) is 0 Å². The van der Waals surface area contributed by atoms with Crippen LogP contribution in [0, 0.1) is 6.92 Å². The van der Waals surface area contributed by atoms with Gasteiger partial charge in [0.05, 0.1) is 23.1 Å². The van der Waals surface area contributed by atoms with E-state index in [1.807, 2.05) is 31.2 Å². The molecule has 6 heteroatoms. The molecule has 1 aliphatic rings. The molecular weight excluding hydrogens is 366 g/mol. The number of aryl methyl sites for hydroxylation is 1. The number of carbonyl (C=O) groups excluding carboxylic acids is 1. The highest BCUT2D eigenvalue weighted by atomic mass is 35.5. The van der Waals surface area contributed by atoms with Gasteiger partial charge in [-0.15, -0.1) is 0 Å². The van der Waals surface area contributed by atoms with Crippen molar-refractivity contribution in [2.24, 2.45) is 0 Å². The highest BCUT2D eigenvalue weighted by molar-refractivity contribution is 6.31. The predicted octanol–water partition coefficient (Wildman–Crippen LogP) is 3.68. The van der Waals surface area contributed by atoms with Crippen LogP contribution in [-0.2, 0) is 0 Å². The summed E-state index contributed by atoms with van der Waals surface area (Å²) in [5.74, 6) is -0.369. The molecule has 3 aromatic rings. The van der Waals surface area contributed by atoms with Crippen LogP contribution >= 0.6 is 11.6 Å². The van der Waals surface area contributed by atoms with Crippen molar-refractivity contribution in [3.63, 3.8) is 0 Å². The van der Waals surface area contributed by atoms with Crippen LogP contribution in [0.15, 0.2) is 51.7 Å². The van der Waals surface area contributed by atoms with E-state index in [1.54, 1.807) is 25.1 Å². The number of fused-ring (bicyclic) bond motifs is 2. The lowest BCUT2D eigenvalue weighted by atomic mass is 9.97. The van der Waals surface area contributed by atoms with Crippen molar-refractivity contribution in [2.75, 3.05) is 6.54 Å². The molecule has 0 aliphatic carbocycles. The second kappa shape index (κ2) is 6.51. The van der Waals surface area contributed by atoms with E-state index in [-0.39, 0.29) is 17.7 Å². The Morgan fingerprint density at radius 1 is 1.19 bits per heavy atom. The molecule has 2 heterocycles. The standard InChI is InChI=1S/C21H18ClNO4/c1-11-3-5-13(6-4-11)18-17-19(25)15-9-14(22)7-8-16(15)27-20(17)21(26)23(18)10-12(2)24/h3-9,12,18,24H,10H2,1-2H3/t12-,18+/m1/s1. The Morgan fingerprint density at radius 2 is 1.89 bits per heavy atom. The average molecular weight is 384 g/mol. The number of hydrogen-bond donors (Lipinski definition) is 1. The molecule has 1 N–H and O–H groups in total. The molecule has 27 heavy (non-hydrogen) atoms. The number of carbonyl (C=O) groups is 1. The maximum atomic E-state index is 13.2. The third kappa shape index (κ3) is 2.93. The molecule has 0 bridgehead atoms. The second-order valence-electron chi connectivity index (χ2n) is 6.93.